The van der Waals surface area contributed by atoms with Crippen molar-refractivity contribution in [1.29, 1.82) is 0 Å². The molecule has 142 valence electrons. The quantitative estimate of drug-likeness (QED) is 0.881. The predicted molar refractivity (Wildman–Crippen MR) is 102 cm³/mol. The molecule has 6 nitrogen and oxygen atoms in total. The summed E-state index contributed by atoms with van der Waals surface area (Å²) in [5.41, 5.74) is 1.94. The summed E-state index contributed by atoms with van der Waals surface area (Å²) in [5.74, 6) is 1.12. The lowest BCUT2D eigenvalue weighted by Gasteiger charge is -2.17. The Bertz CT molecular complexity index is 524. The van der Waals surface area contributed by atoms with Crippen molar-refractivity contribution in [2.45, 2.75) is 59.4 Å². The maximum atomic E-state index is 11.8. The summed E-state index contributed by atoms with van der Waals surface area (Å²) in [6.45, 7) is 10.2. The van der Waals surface area contributed by atoms with E-state index in [-0.39, 0.29) is 11.8 Å². The van der Waals surface area contributed by atoms with E-state index in [0.717, 1.165) is 37.3 Å². The number of rotatable bonds is 5. The molecule has 0 aromatic carbocycles. The molecule has 2 heterocycles. The van der Waals surface area contributed by atoms with Crippen LogP contribution < -0.4 is 5.32 Å². The molecule has 1 aromatic rings. The number of anilines is 1. The van der Waals surface area contributed by atoms with Crippen LogP contribution in [-0.4, -0.2) is 48.1 Å². The maximum Gasteiger partial charge on any atom is 0.228 e. The lowest BCUT2D eigenvalue weighted by atomic mass is 10.0. The van der Waals surface area contributed by atoms with Crippen molar-refractivity contribution in [3.05, 3.63) is 17.6 Å². The van der Waals surface area contributed by atoms with E-state index in [1.165, 1.54) is 0 Å². The summed E-state index contributed by atoms with van der Waals surface area (Å²) in [7, 11) is 4.01. The van der Waals surface area contributed by atoms with Gasteiger partial charge in [0.25, 0.3) is 0 Å². The summed E-state index contributed by atoms with van der Waals surface area (Å²) >= 11 is 0. The fourth-order valence-corrected chi connectivity index (χ4v) is 2.58. The van der Waals surface area contributed by atoms with Crippen LogP contribution >= 0.6 is 0 Å². The van der Waals surface area contributed by atoms with Crippen molar-refractivity contribution >= 4 is 11.7 Å². The standard InChI is InChI=1S/C15H22N4O2.2C2H6/c1-19(2)8-12-14(11-5-6-21-9-11)16-7-13(17-12)18-15(20)10-3-4-10;2*1-2/h7,10-11H,3-6,8-9H2,1-2H3,(H,17,18,20);2*1-2H3. The molecule has 1 unspecified atom stereocenters. The van der Waals surface area contributed by atoms with Crippen LogP contribution in [0.5, 0.6) is 0 Å². The van der Waals surface area contributed by atoms with Gasteiger partial charge in [-0.3, -0.25) is 9.78 Å². The first-order valence-corrected chi connectivity index (χ1v) is 9.52. The van der Waals surface area contributed by atoms with Crippen LogP contribution in [0.25, 0.3) is 0 Å². The van der Waals surface area contributed by atoms with Crippen LogP contribution in [0.2, 0.25) is 0 Å². The van der Waals surface area contributed by atoms with Crippen LogP contribution in [0.1, 0.15) is 64.3 Å². The highest BCUT2D eigenvalue weighted by Crippen LogP contribution is 2.30. The van der Waals surface area contributed by atoms with Crippen LogP contribution in [0.15, 0.2) is 6.20 Å². The Labute approximate surface area is 152 Å². The third-order valence-corrected chi connectivity index (χ3v) is 3.86. The highest BCUT2D eigenvalue weighted by Gasteiger charge is 2.30. The van der Waals surface area contributed by atoms with Crippen molar-refractivity contribution in [2.24, 2.45) is 5.92 Å². The smallest absolute Gasteiger partial charge is 0.228 e. The molecule has 1 saturated heterocycles. The van der Waals surface area contributed by atoms with Gasteiger partial charge in [-0.05, 0) is 33.4 Å². The molecule has 1 aliphatic heterocycles. The first-order valence-electron chi connectivity index (χ1n) is 9.52. The van der Waals surface area contributed by atoms with E-state index in [4.69, 9.17) is 4.74 Å². The molecule has 1 amide bonds. The summed E-state index contributed by atoms with van der Waals surface area (Å²) in [6, 6.07) is 0. The first kappa shape index (κ1) is 21.5. The van der Waals surface area contributed by atoms with Gasteiger partial charge in [0.15, 0.2) is 5.82 Å². The number of nitrogens with one attached hydrogen (secondary N) is 1. The van der Waals surface area contributed by atoms with Crippen LogP contribution in [0, 0.1) is 5.92 Å². The SMILES string of the molecule is CC.CC.CN(C)Cc1nc(NC(=O)C2CC2)cnc1C1CCOC1. The molecule has 2 fully saturated rings. The van der Waals surface area contributed by atoms with Gasteiger partial charge in [0, 0.05) is 25.0 Å². The highest BCUT2D eigenvalue weighted by molar-refractivity contribution is 5.93. The van der Waals surface area contributed by atoms with Crippen molar-refractivity contribution in [1.82, 2.24) is 14.9 Å². The minimum atomic E-state index is 0.0667. The molecule has 0 bridgehead atoms. The Morgan fingerprint density at radius 2 is 1.92 bits per heavy atom. The Kier molecular flexibility index (Phi) is 9.60. The van der Waals surface area contributed by atoms with E-state index >= 15 is 0 Å². The number of hydrogen-bond donors (Lipinski definition) is 1. The number of amides is 1. The van der Waals surface area contributed by atoms with E-state index < -0.39 is 0 Å². The average molecular weight is 351 g/mol. The van der Waals surface area contributed by atoms with Crippen LogP contribution in [0.4, 0.5) is 5.82 Å². The molecule has 1 aliphatic carbocycles. The lowest BCUT2D eigenvalue weighted by Crippen LogP contribution is -2.20. The number of aromatic nitrogens is 2. The third-order valence-electron chi connectivity index (χ3n) is 3.86. The van der Waals surface area contributed by atoms with Crippen molar-refractivity contribution in [3.63, 3.8) is 0 Å². The second kappa shape index (κ2) is 11.2. The number of carbonyl (C=O) groups is 1. The van der Waals surface area contributed by atoms with Gasteiger partial charge in [-0.25, -0.2) is 4.98 Å². The molecular weight excluding hydrogens is 316 g/mol. The van der Waals surface area contributed by atoms with Gasteiger partial charge in [0.05, 0.1) is 24.2 Å². The molecule has 3 rings (SSSR count). The van der Waals surface area contributed by atoms with E-state index in [0.29, 0.717) is 24.9 Å². The number of nitrogens with zero attached hydrogens (tertiary/aromatic N) is 3. The first-order chi connectivity index (χ1) is 12.1. The van der Waals surface area contributed by atoms with E-state index in [1.807, 2.05) is 41.8 Å². The number of carbonyl (C=O) groups excluding carboxylic acids is 1. The van der Waals surface area contributed by atoms with E-state index in [2.05, 4.69) is 20.2 Å². The highest BCUT2D eigenvalue weighted by atomic mass is 16.5. The largest absolute Gasteiger partial charge is 0.381 e. The molecule has 1 saturated carbocycles. The molecule has 0 radical (unpaired) electrons. The average Bonchev–Trinajstić information content (AvgIpc) is 3.34. The third kappa shape index (κ3) is 6.71. The topological polar surface area (TPSA) is 67.4 Å². The summed E-state index contributed by atoms with van der Waals surface area (Å²) < 4.78 is 5.45. The molecule has 1 atom stereocenters. The molecule has 1 aromatic heterocycles. The summed E-state index contributed by atoms with van der Waals surface area (Å²) in [6.07, 6.45) is 4.64. The normalized spacial score (nSPS) is 18.8. The summed E-state index contributed by atoms with van der Waals surface area (Å²) in [4.78, 5) is 23.1. The Balaban J connectivity index is 0.000000730. The fourth-order valence-electron chi connectivity index (χ4n) is 2.58. The molecule has 1 N–H and O–H groups in total. The van der Waals surface area contributed by atoms with Gasteiger partial charge in [-0.1, -0.05) is 27.7 Å². The minimum Gasteiger partial charge on any atom is -0.381 e. The van der Waals surface area contributed by atoms with Gasteiger partial charge in [0.2, 0.25) is 5.91 Å². The molecule has 25 heavy (non-hydrogen) atoms. The Morgan fingerprint density at radius 3 is 2.44 bits per heavy atom. The lowest BCUT2D eigenvalue weighted by molar-refractivity contribution is -0.117. The van der Waals surface area contributed by atoms with E-state index in [9.17, 15) is 4.79 Å². The van der Waals surface area contributed by atoms with Gasteiger partial charge in [-0.2, -0.15) is 0 Å². The van der Waals surface area contributed by atoms with Gasteiger partial charge >= 0.3 is 0 Å². The maximum absolute atomic E-state index is 11.8. The minimum absolute atomic E-state index is 0.0667. The van der Waals surface area contributed by atoms with Gasteiger partial charge < -0.3 is 15.0 Å². The second-order valence-corrected chi connectivity index (χ2v) is 6.15. The summed E-state index contributed by atoms with van der Waals surface area (Å²) in [5, 5.41) is 2.87. The zero-order chi connectivity index (χ0) is 18.8. The molecular formula is C19H34N4O2. The number of hydrogen-bond acceptors (Lipinski definition) is 5. The van der Waals surface area contributed by atoms with E-state index in [1.54, 1.807) is 6.20 Å². The fraction of sp³-hybridized carbons (Fsp3) is 0.737. The van der Waals surface area contributed by atoms with Gasteiger partial charge in [0.1, 0.15) is 0 Å². The number of ether oxygens (including phenoxy) is 1. The zero-order valence-electron chi connectivity index (χ0n) is 16.6. The Morgan fingerprint density at radius 1 is 1.24 bits per heavy atom. The molecule has 2 aliphatic rings. The second-order valence-electron chi connectivity index (χ2n) is 6.15. The molecule has 6 heteroatoms. The predicted octanol–water partition coefficient (Wildman–Crippen LogP) is 3.44. The van der Waals surface area contributed by atoms with Crippen molar-refractivity contribution in [3.8, 4) is 0 Å². The van der Waals surface area contributed by atoms with Crippen LogP contribution in [-0.2, 0) is 16.1 Å². The van der Waals surface area contributed by atoms with Gasteiger partial charge in [-0.15, -0.1) is 0 Å². The van der Waals surface area contributed by atoms with Crippen molar-refractivity contribution in [2.75, 3.05) is 32.6 Å². The van der Waals surface area contributed by atoms with Crippen LogP contribution in [0.3, 0.4) is 0 Å². The Hall–Kier alpha value is -1.53. The van der Waals surface area contributed by atoms with Crippen molar-refractivity contribution < 1.29 is 9.53 Å². The molecule has 0 spiro atoms. The monoisotopic (exact) mass is 350 g/mol. The zero-order valence-corrected chi connectivity index (χ0v) is 16.6.